The van der Waals surface area contributed by atoms with E-state index in [-0.39, 0.29) is 64.7 Å². The van der Waals surface area contributed by atoms with E-state index in [2.05, 4.69) is 20.9 Å². The van der Waals surface area contributed by atoms with Crippen LogP contribution in [0.1, 0.15) is 107 Å². The quantitative estimate of drug-likeness (QED) is 0.185. The van der Waals surface area contributed by atoms with Gasteiger partial charge in [0, 0.05) is 54.8 Å². The summed E-state index contributed by atoms with van der Waals surface area (Å²) in [5.74, 6) is -2.54. The van der Waals surface area contributed by atoms with E-state index in [0.717, 1.165) is 73.8 Å². The number of ether oxygens (including phenoxy) is 1. The first-order valence-corrected chi connectivity index (χ1v) is 20.5. The average Bonchev–Trinajstić information content (AvgIpc) is 3.75. The smallest absolute Gasteiger partial charge is 0.433 e. The second kappa shape index (κ2) is 15.3. The molecule has 3 N–H and O–H groups in total. The Morgan fingerprint density at radius 1 is 0.918 bits per heavy atom. The number of amides is 6. The van der Waals surface area contributed by atoms with Gasteiger partial charge in [0.2, 0.25) is 17.7 Å². The lowest BCUT2D eigenvalue weighted by atomic mass is 9.60. The van der Waals surface area contributed by atoms with E-state index in [1.54, 1.807) is 30.3 Å². The second-order valence-electron chi connectivity index (χ2n) is 16.9. The zero-order valence-electron chi connectivity index (χ0n) is 33.2. The third kappa shape index (κ3) is 7.56. The second-order valence-corrected chi connectivity index (χ2v) is 16.9. The molecule has 2 aliphatic carbocycles. The normalized spacial score (nSPS) is 22.9. The third-order valence-corrected chi connectivity index (χ3v) is 13.1. The van der Waals surface area contributed by atoms with Crippen molar-refractivity contribution in [3.63, 3.8) is 0 Å². The number of nitrogens with zero attached hydrogens (tertiary/aromatic N) is 5. The van der Waals surface area contributed by atoms with E-state index in [1.807, 2.05) is 15.8 Å². The number of alkyl halides is 3. The van der Waals surface area contributed by atoms with Crippen molar-refractivity contribution in [2.75, 3.05) is 30.8 Å². The molecule has 5 heterocycles. The minimum Gasteiger partial charge on any atom is -0.494 e. The maximum atomic E-state index is 13.7. The van der Waals surface area contributed by atoms with Gasteiger partial charge in [-0.15, -0.1) is 0 Å². The highest BCUT2D eigenvalue weighted by atomic mass is 19.4. The molecule has 0 unspecified atom stereocenters. The Balaban J connectivity index is 0.752. The molecular formula is C43H43F3N8O7. The van der Waals surface area contributed by atoms with Crippen molar-refractivity contribution in [2.24, 2.45) is 11.3 Å². The van der Waals surface area contributed by atoms with Crippen molar-refractivity contribution in [1.82, 2.24) is 29.9 Å². The summed E-state index contributed by atoms with van der Waals surface area (Å²) in [6, 6.07) is 10.7. The summed E-state index contributed by atoms with van der Waals surface area (Å²) >= 11 is 0. The highest BCUT2D eigenvalue weighted by Crippen LogP contribution is 2.55. The Kier molecular flexibility index (Phi) is 10.1. The molecule has 1 spiro atoms. The van der Waals surface area contributed by atoms with E-state index in [4.69, 9.17) is 9.84 Å². The number of hydrogen-bond donors (Lipinski definition) is 3. The molecule has 2 saturated carbocycles. The van der Waals surface area contributed by atoms with E-state index in [9.17, 15) is 41.9 Å². The molecule has 318 valence electrons. The van der Waals surface area contributed by atoms with Crippen molar-refractivity contribution >= 4 is 57.7 Å². The van der Waals surface area contributed by atoms with Crippen molar-refractivity contribution in [2.45, 2.75) is 88.5 Å². The van der Waals surface area contributed by atoms with Crippen LogP contribution in [0.4, 0.5) is 24.5 Å². The first-order valence-electron chi connectivity index (χ1n) is 20.5. The van der Waals surface area contributed by atoms with Crippen LogP contribution >= 0.6 is 0 Å². The number of rotatable bonds is 8. The number of carbonyl (C=O) groups is 6. The molecule has 1 atom stereocenters. The SMILES string of the molecule is COc1cc2nn(C3CC4(CCN(C(=O)C5CCC(Nc6ccc7c(c6)C(=O)N([C@@H]6CCC(=O)NC6=O)C7=O)CC5)CC4)C3)cc2cc1NC(=O)c1cccc(C(F)(F)F)n1. The summed E-state index contributed by atoms with van der Waals surface area (Å²) in [5, 5.41) is 13.8. The Morgan fingerprint density at radius 3 is 2.36 bits per heavy atom. The minimum absolute atomic E-state index is 0.0548. The first kappa shape index (κ1) is 40.1. The van der Waals surface area contributed by atoms with Crippen LogP contribution in [-0.2, 0) is 20.6 Å². The van der Waals surface area contributed by atoms with Gasteiger partial charge in [0.15, 0.2) is 0 Å². The van der Waals surface area contributed by atoms with E-state index in [1.165, 1.54) is 13.2 Å². The molecule has 0 radical (unpaired) electrons. The van der Waals surface area contributed by atoms with Gasteiger partial charge in [-0.3, -0.25) is 43.7 Å². The van der Waals surface area contributed by atoms with Gasteiger partial charge < -0.3 is 20.3 Å². The van der Waals surface area contributed by atoms with Gasteiger partial charge in [0.25, 0.3) is 17.7 Å². The molecule has 61 heavy (non-hydrogen) atoms. The number of anilines is 2. The highest BCUT2D eigenvalue weighted by Gasteiger charge is 2.48. The maximum Gasteiger partial charge on any atom is 0.433 e. The molecule has 0 bridgehead atoms. The number of halogens is 3. The Morgan fingerprint density at radius 2 is 1.66 bits per heavy atom. The van der Waals surface area contributed by atoms with E-state index >= 15 is 0 Å². The highest BCUT2D eigenvalue weighted by molar-refractivity contribution is 6.23. The third-order valence-electron chi connectivity index (χ3n) is 13.1. The van der Waals surface area contributed by atoms with E-state index < -0.39 is 47.4 Å². The Hall–Kier alpha value is -6.33. The lowest BCUT2D eigenvalue weighted by Crippen LogP contribution is -2.54. The van der Waals surface area contributed by atoms with Crippen LogP contribution in [-0.4, -0.2) is 92.3 Å². The molecule has 5 aliphatic rings. The van der Waals surface area contributed by atoms with Gasteiger partial charge in [-0.25, -0.2) is 4.98 Å². The number of nitrogens with one attached hydrogen (secondary N) is 3. The monoisotopic (exact) mass is 840 g/mol. The fourth-order valence-electron chi connectivity index (χ4n) is 9.71. The summed E-state index contributed by atoms with van der Waals surface area (Å²) in [4.78, 5) is 83.4. The maximum absolute atomic E-state index is 13.7. The van der Waals surface area contributed by atoms with Crippen LogP contribution in [0.2, 0.25) is 0 Å². The molecule has 9 rings (SSSR count). The molecule has 3 aliphatic heterocycles. The van der Waals surface area contributed by atoms with Crippen molar-refractivity contribution in [1.29, 1.82) is 0 Å². The molecule has 2 aromatic heterocycles. The fraction of sp³-hybridized carbons (Fsp3) is 0.442. The number of carbonyl (C=O) groups excluding carboxylic acids is 6. The number of pyridine rings is 1. The largest absolute Gasteiger partial charge is 0.494 e. The van der Waals surface area contributed by atoms with Gasteiger partial charge >= 0.3 is 6.18 Å². The van der Waals surface area contributed by atoms with Gasteiger partial charge in [-0.1, -0.05) is 6.07 Å². The molecule has 6 amide bonds. The lowest BCUT2D eigenvalue weighted by Gasteiger charge is -2.52. The van der Waals surface area contributed by atoms with E-state index in [0.29, 0.717) is 30.0 Å². The fourth-order valence-corrected chi connectivity index (χ4v) is 9.71. The molecule has 4 fully saturated rings. The molecule has 2 aromatic carbocycles. The summed E-state index contributed by atoms with van der Waals surface area (Å²) in [7, 11) is 1.43. The number of piperidine rings is 2. The predicted octanol–water partition coefficient (Wildman–Crippen LogP) is 5.73. The van der Waals surface area contributed by atoms with Gasteiger partial charge in [0.05, 0.1) is 35.5 Å². The summed E-state index contributed by atoms with van der Waals surface area (Å²) < 4.78 is 46.9. The number of likely N-dealkylation sites (tertiary alicyclic amines) is 1. The van der Waals surface area contributed by atoms with Crippen LogP contribution in [0.5, 0.6) is 5.75 Å². The number of imide groups is 2. The van der Waals surface area contributed by atoms with Gasteiger partial charge in [-0.05, 0) is 99.6 Å². The van der Waals surface area contributed by atoms with Crippen molar-refractivity contribution in [3.05, 3.63) is 77.2 Å². The summed E-state index contributed by atoms with van der Waals surface area (Å²) in [6.45, 7) is 1.40. The average molecular weight is 841 g/mol. The van der Waals surface area contributed by atoms with Crippen LogP contribution in [0.15, 0.2) is 54.7 Å². The number of fused-ring (bicyclic) bond motifs is 2. The Labute approximate surface area is 347 Å². The molecule has 15 nitrogen and oxygen atoms in total. The molecule has 2 saturated heterocycles. The molecule has 4 aromatic rings. The molecular weight excluding hydrogens is 798 g/mol. The molecule has 18 heteroatoms. The standard InChI is InChI=1S/C43H43F3N8O7/c1-61-34-19-31-24(17-32(34)49-37(56)30-3-2-4-35(48-30)43(44,45)46)22-53(51-31)27-20-42(21-27)13-15-52(16-14-42)39(58)23-5-7-25(8-6-23)47-26-9-10-28-29(18-26)41(60)54(40(28)59)33-11-12-36(55)50-38(33)57/h2-4,9-10,17-19,22-23,25,27,33,47H,5-8,11-16,20-21H2,1H3,(H,49,56)(H,50,55,57)/t23?,25?,33-/m1/s1. The minimum atomic E-state index is -4.69. The zero-order chi connectivity index (χ0) is 42.8. The summed E-state index contributed by atoms with van der Waals surface area (Å²) in [6.07, 6.45) is 4.01. The van der Waals surface area contributed by atoms with Crippen LogP contribution in [0.3, 0.4) is 0 Å². The summed E-state index contributed by atoms with van der Waals surface area (Å²) in [5.41, 5.74) is 0.649. The predicted molar refractivity (Wildman–Crippen MR) is 212 cm³/mol. The zero-order valence-corrected chi connectivity index (χ0v) is 33.2. The van der Waals surface area contributed by atoms with Crippen LogP contribution < -0.4 is 20.7 Å². The van der Waals surface area contributed by atoms with Crippen LogP contribution in [0.25, 0.3) is 10.9 Å². The topological polar surface area (TPSA) is 185 Å². The van der Waals surface area contributed by atoms with Crippen molar-refractivity contribution in [3.8, 4) is 5.75 Å². The van der Waals surface area contributed by atoms with Crippen molar-refractivity contribution < 1.29 is 46.7 Å². The van der Waals surface area contributed by atoms with Gasteiger partial charge in [-0.2, -0.15) is 18.3 Å². The van der Waals surface area contributed by atoms with Gasteiger partial charge in [0.1, 0.15) is 23.2 Å². The van der Waals surface area contributed by atoms with Crippen LogP contribution in [0, 0.1) is 11.3 Å². The number of hydrogen-bond acceptors (Lipinski definition) is 10. The first-order chi connectivity index (χ1) is 29.2. The number of methoxy groups -OCH3 is 1. The number of benzene rings is 2. The Bertz CT molecular complexity index is 2480. The number of aromatic nitrogens is 3. The lowest BCUT2D eigenvalue weighted by molar-refractivity contribution is -0.141.